The molecule has 0 aromatic heterocycles. The van der Waals surface area contributed by atoms with Gasteiger partial charge in [-0.3, -0.25) is 0 Å². The second-order valence-electron chi connectivity index (χ2n) is 7.58. The molecular formula is C24H35Br2N3. The molecule has 4 N–H and O–H groups in total. The largest absolute Gasteiger partial charge is 0.330 e. The van der Waals surface area contributed by atoms with Gasteiger partial charge in [-0.2, -0.15) is 0 Å². The Hall–Kier alpha value is -0.720. The molecule has 0 fully saturated rings. The van der Waals surface area contributed by atoms with Crippen molar-refractivity contribution in [3.05, 3.63) is 68.6 Å². The Balaban J connectivity index is 1.73. The van der Waals surface area contributed by atoms with E-state index in [9.17, 15) is 0 Å². The Morgan fingerprint density at radius 3 is 1.69 bits per heavy atom. The number of nitrogens with two attached hydrogens (primary N) is 1. The second-order valence-corrected chi connectivity index (χ2v) is 9.41. The second kappa shape index (κ2) is 15.1. The first-order valence-electron chi connectivity index (χ1n) is 10.8. The molecule has 0 aliphatic carbocycles. The third-order valence-electron chi connectivity index (χ3n) is 5.16. The molecule has 0 saturated carbocycles. The lowest BCUT2D eigenvalue weighted by Crippen LogP contribution is -2.35. The number of halogens is 2. The van der Waals surface area contributed by atoms with Crippen LogP contribution in [0.3, 0.4) is 0 Å². The third kappa shape index (κ3) is 11.3. The molecule has 0 bridgehead atoms. The van der Waals surface area contributed by atoms with Crippen LogP contribution in [0.15, 0.2) is 57.5 Å². The van der Waals surface area contributed by atoms with Crippen molar-refractivity contribution in [3.8, 4) is 0 Å². The lowest BCUT2D eigenvalue weighted by Gasteiger charge is -2.19. The van der Waals surface area contributed by atoms with E-state index in [0.29, 0.717) is 6.04 Å². The fourth-order valence-electron chi connectivity index (χ4n) is 3.47. The summed E-state index contributed by atoms with van der Waals surface area (Å²) in [6.07, 6.45) is 8.22. The number of aryl methyl sites for hydroxylation is 2. The van der Waals surface area contributed by atoms with Gasteiger partial charge in [0.15, 0.2) is 0 Å². The minimum Gasteiger partial charge on any atom is -0.330 e. The zero-order chi connectivity index (χ0) is 20.7. The molecule has 0 atom stereocenters. The molecule has 0 aliphatic rings. The van der Waals surface area contributed by atoms with E-state index >= 15 is 0 Å². The Kier molecular flexibility index (Phi) is 12.8. The molecule has 29 heavy (non-hydrogen) atoms. The van der Waals surface area contributed by atoms with Crippen molar-refractivity contribution in [2.75, 3.05) is 26.2 Å². The van der Waals surface area contributed by atoms with Gasteiger partial charge in [-0.15, -0.1) is 0 Å². The number of benzene rings is 2. The molecule has 2 aromatic carbocycles. The maximum Gasteiger partial charge on any atom is 0.0175 e. The smallest absolute Gasteiger partial charge is 0.0175 e. The summed E-state index contributed by atoms with van der Waals surface area (Å²) in [5.74, 6) is 0. The zero-order valence-corrected chi connectivity index (χ0v) is 20.5. The van der Waals surface area contributed by atoms with Gasteiger partial charge in [-0.05, 0) is 93.4 Å². The lowest BCUT2D eigenvalue weighted by atomic mass is 9.99. The van der Waals surface area contributed by atoms with Gasteiger partial charge in [0.05, 0.1) is 0 Å². The van der Waals surface area contributed by atoms with Gasteiger partial charge in [0.2, 0.25) is 0 Å². The number of nitrogens with one attached hydrogen (secondary N) is 2. The third-order valence-corrected chi connectivity index (χ3v) is 6.21. The quantitative estimate of drug-likeness (QED) is 0.271. The topological polar surface area (TPSA) is 50.1 Å². The Morgan fingerprint density at radius 1 is 0.690 bits per heavy atom. The van der Waals surface area contributed by atoms with Crippen molar-refractivity contribution in [1.82, 2.24) is 10.6 Å². The van der Waals surface area contributed by atoms with Crippen molar-refractivity contribution in [1.29, 1.82) is 0 Å². The van der Waals surface area contributed by atoms with Gasteiger partial charge in [0.25, 0.3) is 0 Å². The molecule has 0 heterocycles. The maximum absolute atomic E-state index is 5.55. The van der Waals surface area contributed by atoms with Crippen LogP contribution in [-0.4, -0.2) is 32.2 Å². The first-order valence-corrected chi connectivity index (χ1v) is 12.4. The highest BCUT2D eigenvalue weighted by molar-refractivity contribution is 9.10. The van der Waals surface area contributed by atoms with Crippen LogP contribution < -0.4 is 16.4 Å². The molecular weight excluding hydrogens is 490 g/mol. The average molecular weight is 525 g/mol. The van der Waals surface area contributed by atoms with Crippen molar-refractivity contribution < 1.29 is 0 Å². The van der Waals surface area contributed by atoms with Crippen LogP contribution in [0, 0.1) is 0 Å². The van der Waals surface area contributed by atoms with Crippen LogP contribution in [0.25, 0.3) is 0 Å². The lowest BCUT2D eigenvalue weighted by molar-refractivity contribution is 0.427. The van der Waals surface area contributed by atoms with Gasteiger partial charge in [0, 0.05) is 28.1 Å². The Bertz CT molecular complexity index is 607. The van der Waals surface area contributed by atoms with Crippen LogP contribution in [-0.2, 0) is 12.8 Å². The van der Waals surface area contributed by atoms with E-state index in [1.807, 2.05) is 0 Å². The highest BCUT2D eigenvalue weighted by atomic mass is 79.9. The molecule has 2 rings (SSSR count). The molecule has 0 amide bonds. The van der Waals surface area contributed by atoms with Crippen LogP contribution in [0.2, 0.25) is 0 Å². The highest BCUT2D eigenvalue weighted by Gasteiger charge is 2.08. The molecule has 5 heteroatoms. The molecule has 0 aliphatic heterocycles. The van der Waals surface area contributed by atoms with Crippen LogP contribution in [0.4, 0.5) is 0 Å². The van der Waals surface area contributed by atoms with Gasteiger partial charge < -0.3 is 16.4 Å². The maximum atomic E-state index is 5.55. The normalized spacial score (nSPS) is 11.3. The summed E-state index contributed by atoms with van der Waals surface area (Å²) >= 11 is 7.03. The summed E-state index contributed by atoms with van der Waals surface area (Å²) < 4.78 is 2.30. The summed E-state index contributed by atoms with van der Waals surface area (Å²) in [6.45, 7) is 3.80. The van der Waals surface area contributed by atoms with Crippen LogP contribution in [0.5, 0.6) is 0 Å². The van der Waals surface area contributed by atoms with E-state index in [0.717, 1.165) is 54.4 Å². The number of hydrogen-bond donors (Lipinski definition) is 3. The fraction of sp³-hybridized carbons (Fsp3) is 0.500. The Labute approximate surface area is 193 Å². The van der Waals surface area contributed by atoms with Crippen LogP contribution >= 0.6 is 31.9 Å². The number of hydrogen-bond acceptors (Lipinski definition) is 3. The first kappa shape index (κ1) is 24.5. The van der Waals surface area contributed by atoms with Crippen molar-refractivity contribution >= 4 is 31.9 Å². The average Bonchev–Trinajstić information content (AvgIpc) is 2.73. The summed E-state index contributed by atoms with van der Waals surface area (Å²) in [7, 11) is 0. The first-order chi connectivity index (χ1) is 14.2. The Morgan fingerprint density at radius 2 is 1.21 bits per heavy atom. The molecule has 160 valence electrons. The van der Waals surface area contributed by atoms with Gasteiger partial charge in [-0.25, -0.2) is 0 Å². The van der Waals surface area contributed by atoms with E-state index in [1.54, 1.807) is 0 Å². The van der Waals surface area contributed by atoms with Crippen molar-refractivity contribution in [3.63, 3.8) is 0 Å². The van der Waals surface area contributed by atoms with Crippen LogP contribution in [0.1, 0.15) is 43.2 Å². The molecule has 0 unspecified atom stereocenters. The standard InChI is InChI=1S/C24H35Br2N3/c25-22-12-8-20(9-13-22)4-1-6-24(29-19-18-28-17-3-16-27)7-2-5-21-10-14-23(26)15-11-21/h8-15,24,28-29H,1-7,16-19,27H2. The van der Waals surface area contributed by atoms with E-state index in [4.69, 9.17) is 5.73 Å². The predicted molar refractivity (Wildman–Crippen MR) is 132 cm³/mol. The van der Waals surface area contributed by atoms with E-state index in [1.165, 1.54) is 36.8 Å². The molecule has 0 spiro atoms. The molecule has 0 saturated heterocycles. The van der Waals surface area contributed by atoms with Crippen molar-refractivity contribution in [2.45, 2.75) is 51.0 Å². The predicted octanol–water partition coefficient (Wildman–Crippen LogP) is 5.45. The zero-order valence-electron chi connectivity index (χ0n) is 17.3. The monoisotopic (exact) mass is 523 g/mol. The summed E-state index contributed by atoms with van der Waals surface area (Å²) in [5, 5.41) is 7.24. The summed E-state index contributed by atoms with van der Waals surface area (Å²) in [5.41, 5.74) is 8.40. The van der Waals surface area contributed by atoms with Gasteiger partial charge in [0.1, 0.15) is 0 Å². The van der Waals surface area contributed by atoms with E-state index in [2.05, 4.69) is 91.0 Å². The van der Waals surface area contributed by atoms with E-state index < -0.39 is 0 Å². The summed E-state index contributed by atoms with van der Waals surface area (Å²) in [4.78, 5) is 0. The van der Waals surface area contributed by atoms with Gasteiger partial charge in [-0.1, -0.05) is 56.1 Å². The summed E-state index contributed by atoms with van der Waals surface area (Å²) in [6, 6.07) is 18.0. The minimum absolute atomic E-state index is 0.581. The fourth-order valence-corrected chi connectivity index (χ4v) is 4.00. The minimum atomic E-state index is 0.581. The number of rotatable bonds is 15. The van der Waals surface area contributed by atoms with E-state index in [-0.39, 0.29) is 0 Å². The molecule has 0 radical (unpaired) electrons. The highest BCUT2D eigenvalue weighted by Crippen LogP contribution is 2.16. The molecule has 2 aromatic rings. The molecule has 3 nitrogen and oxygen atoms in total. The van der Waals surface area contributed by atoms with Gasteiger partial charge >= 0.3 is 0 Å². The SMILES string of the molecule is NCCCNCCNC(CCCc1ccc(Br)cc1)CCCc1ccc(Br)cc1. The van der Waals surface area contributed by atoms with Crippen molar-refractivity contribution in [2.24, 2.45) is 5.73 Å².